The molecule has 0 saturated carbocycles. The Morgan fingerprint density at radius 2 is 2.29 bits per heavy atom. The van der Waals surface area contributed by atoms with Gasteiger partial charge in [0, 0.05) is 12.5 Å². The molecular weight excluding hydrogens is 225 g/mol. The Labute approximate surface area is 91.8 Å². The van der Waals surface area contributed by atoms with E-state index in [0.29, 0.717) is 23.8 Å². The van der Waals surface area contributed by atoms with Crippen molar-refractivity contribution in [2.45, 2.75) is 6.42 Å². The minimum absolute atomic E-state index is 0.0397. The Balaban J connectivity index is 2.51. The van der Waals surface area contributed by atoms with E-state index in [1.54, 1.807) is 0 Å². The molecule has 1 rings (SSSR count). The highest BCUT2D eigenvalue weighted by atomic mass is 35.5. The van der Waals surface area contributed by atoms with E-state index in [-0.39, 0.29) is 5.02 Å². The van der Waals surface area contributed by atoms with Crippen molar-refractivity contribution in [1.29, 1.82) is 0 Å². The number of nitrogens with two attached hydrogens (primary N) is 1. The lowest BCUT2D eigenvalue weighted by Crippen LogP contribution is -2.12. The van der Waals surface area contributed by atoms with E-state index in [1.165, 1.54) is 18.2 Å². The van der Waals surface area contributed by atoms with Gasteiger partial charge in [-0.15, -0.1) is 0 Å². The summed E-state index contributed by atoms with van der Waals surface area (Å²) in [6.07, 6.45) is 0.490. The largest absolute Gasteiger partial charge is 0.493 e. The number of hydrogen-bond donors (Lipinski definition) is 1. The highest BCUT2D eigenvalue weighted by molar-refractivity contribution is 7.80. The van der Waals surface area contributed by atoms with E-state index in [9.17, 15) is 4.39 Å². The molecule has 0 aliphatic carbocycles. The zero-order chi connectivity index (χ0) is 10.6. The Hall–Kier alpha value is -0.870. The smallest absolute Gasteiger partial charge is 0.142 e. The molecule has 2 N–H and O–H groups in total. The van der Waals surface area contributed by atoms with Crippen LogP contribution in [0.25, 0.3) is 0 Å². The number of ether oxygens (including phenoxy) is 1. The van der Waals surface area contributed by atoms with E-state index in [2.05, 4.69) is 12.2 Å². The van der Waals surface area contributed by atoms with Crippen LogP contribution in [0.2, 0.25) is 5.02 Å². The van der Waals surface area contributed by atoms with Crippen LogP contribution in [0, 0.1) is 5.82 Å². The lowest BCUT2D eigenvalue weighted by Gasteiger charge is -2.05. The molecule has 0 heterocycles. The molecule has 0 saturated heterocycles. The maximum absolute atomic E-state index is 12.7. The highest BCUT2D eigenvalue weighted by Crippen LogP contribution is 2.20. The maximum atomic E-state index is 12.7. The van der Waals surface area contributed by atoms with Gasteiger partial charge in [0.1, 0.15) is 11.6 Å². The summed E-state index contributed by atoms with van der Waals surface area (Å²) >= 11 is 10.2. The molecule has 1 aromatic rings. The second-order valence-corrected chi connectivity index (χ2v) is 3.57. The molecule has 76 valence electrons. The van der Waals surface area contributed by atoms with Crippen molar-refractivity contribution in [3.63, 3.8) is 0 Å². The van der Waals surface area contributed by atoms with Gasteiger partial charge in [0.15, 0.2) is 0 Å². The van der Waals surface area contributed by atoms with E-state index in [0.717, 1.165) is 0 Å². The quantitative estimate of drug-likeness (QED) is 0.812. The van der Waals surface area contributed by atoms with Gasteiger partial charge in [-0.3, -0.25) is 0 Å². The van der Waals surface area contributed by atoms with Gasteiger partial charge < -0.3 is 10.5 Å². The minimum atomic E-state index is -0.464. The normalized spacial score (nSPS) is 9.86. The second kappa shape index (κ2) is 5.12. The van der Waals surface area contributed by atoms with Crippen LogP contribution in [0.4, 0.5) is 4.39 Å². The van der Waals surface area contributed by atoms with E-state index in [1.807, 2.05) is 0 Å². The Bertz CT molecular complexity index is 346. The van der Waals surface area contributed by atoms with Gasteiger partial charge in [0.2, 0.25) is 0 Å². The Kier molecular flexibility index (Phi) is 4.10. The molecule has 2 nitrogen and oxygen atoms in total. The molecular formula is C9H9ClFNOS. The molecule has 0 aromatic heterocycles. The molecule has 0 fully saturated rings. The summed E-state index contributed by atoms with van der Waals surface area (Å²) < 4.78 is 18.0. The summed E-state index contributed by atoms with van der Waals surface area (Å²) in [5.74, 6) is 0.0426. The fourth-order valence-corrected chi connectivity index (χ4v) is 1.09. The van der Waals surface area contributed by atoms with Crippen molar-refractivity contribution in [1.82, 2.24) is 0 Å². The van der Waals surface area contributed by atoms with Crippen molar-refractivity contribution in [2.75, 3.05) is 6.61 Å². The lowest BCUT2D eigenvalue weighted by molar-refractivity contribution is 0.329. The van der Waals surface area contributed by atoms with Crippen LogP contribution < -0.4 is 10.5 Å². The first-order chi connectivity index (χ1) is 6.59. The predicted octanol–water partition coefficient (Wildman–Crippen LogP) is 2.53. The third kappa shape index (κ3) is 3.47. The van der Waals surface area contributed by atoms with Gasteiger partial charge in [-0.2, -0.15) is 0 Å². The average Bonchev–Trinajstić information content (AvgIpc) is 2.10. The predicted molar refractivity (Wildman–Crippen MR) is 58.3 cm³/mol. The summed E-state index contributed by atoms with van der Waals surface area (Å²) in [4.78, 5) is 0.387. The van der Waals surface area contributed by atoms with Gasteiger partial charge in [0.05, 0.1) is 16.6 Å². The third-order valence-corrected chi connectivity index (χ3v) is 2.00. The van der Waals surface area contributed by atoms with Gasteiger partial charge in [0.25, 0.3) is 0 Å². The van der Waals surface area contributed by atoms with Crippen LogP contribution in [-0.2, 0) is 0 Å². The highest BCUT2D eigenvalue weighted by Gasteiger charge is 2.01. The minimum Gasteiger partial charge on any atom is -0.493 e. The van der Waals surface area contributed by atoms with Gasteiger partial charge in [-0.05, 0) is 12.1 Å². The fourth-order valence-electron chi connectivity index (χ4n) is 0.836. The van der Waals surface area contributed by atoms with Crippen LogP contribution in [0.3, 0.4) is 0 Å². The van der Waals surface area contributed by atoms with Gasteiger partial charge in [-0.1, -0.05) is 23.8 Å². The van der Waals surface area contributed by atoms with Crippen LogP contribution in [0.5, 0.6) is 5.75 Å². The summed E-state index contributed by atoms with van der Waals surface area (Å²) in [5, 5.41) is 0.0397. The molecule has 0 amide bonds. The zero-order valence-electron chi connectivity index (χ0n) is 7.30. The first-order valence-corrected chi connectivity index (χ1v) is 4.74. The summed E-state index contributed by atoms with van der Waals surface area (Å²) in [6, 6.07) is 4.16. The number of halogens is 2. The summed E-state index contributed by atoms with van der Waals surface area (Å²) in [6.45, 7) is 0.372. The van der Waals surface area contributed by atoms with Crippen molar-refractivity contribution in [2.24, 2.45) is 5.73 Å². The van der Waals surface area contributed by atoms with Crippen LogP contribution in [0.1, 0.15) is 6.42 Å². The molecule has 0 atom stereocenters. The van der Waals surface area contributed by atoms with Crippen molar-refractivity contribution in [3.05, 3.63) is 29.0 Å². The molecule has 0 spiro atoms. The topological polar surface area (TPSA) is 35.2 Å². The van der Waals surface area contributed by atoms with Crippen molar-refractivity contribution >= 4 is 28.8 Å². The molecule has 1 aromatic carbocycles. The molecule has 0 aliphatic rings. The number of hydrogen-bond acceptors (Lipinski definition) is 2. The van der Waals surface area contributed by atoms with Gasteiger partial charge >= 0.3 is 0 Å². The number of thiocarbonyl (C=S) groups is 1. The Morgan fingerprint density at radius 3 is 2.86 bits per heavy atom. The lowest BCUT2D eigenvalue weighted by atomic mass is 10.3. The Morgan fingerprint density at radius 1 is 1.57 bits per heavy atom. The summed E-state index contributed by atoms with van der Waals surface area (Å²) in [7, 11) is 0. The third-order valence-electron chi connectivity index (χ3n) is 1.51. The fraction of sp³-hybridized carbons (Fsp3) is 0.222. The molecule has 0 unspecified atom stereocenters. The standard InChI is InChI=1S/C9H9ClFNOS/c10-7-5-6(1-2-8(7)11)13-4-3-9(12)14/h1-2,5H,3-4H2,(H2,12,14). The zero-order valence-corrected chi connectivity index (χ0v) is 8.87. The maximum Gasteiger partial charge on any atom is 0.142 e. The van der Waals surface area contributed by atoms with E-state index in [4.69, 9.17) is 22.1 Å². The summed E-state index contributed by atoms with van der Waals surface area (Å²) in [5.41, 5.74) is 5.28. The molecule has 14 heavy (non-hydrogen) atoms. The second-order valence-electron chi connectivity index (χ2n) is 2.64. The van der Waals surface area contributed by atoms with Crippen LogP contribution in [0.15, 0.2) is 18.2 Å². The first kappa shape index (κ1) is 11.2. The van der Waals surface area contributed by atoms with Gasteiger partial charge in [-0.25, -0.2) is 4.39 Å². The number of rotatable bonds is 4. The average molecular weight is 234 g/mol. The monoisotopic (exact) mass is 233 g/mol. The van der Waals surface area contributed by atoms with Crippen molar-refractivity contribution < 1.29 is 9.13 Å². The molecule has 5 heteroatoms. The van der Waals surface area contributed by atoms with Crippen LogP contribution in [-0.4, -0.2) is 11.6 Å². The van der Waals surface area contributed by atoms with E-state index >= 15 is 0 Å². The number of benzene rings is 1. The van der Waals surface area contributed by atoms with E-state index < -0.39 is 5.82 Å². The first-order valence-electron chi connectivity index (χ1n) is 3.96. The SMILES string of the molecule is NC(=S)CCOc1ccc(F)c(Cl)c1. The molecule has 0 radical (unpaired) electrons. The van der Waals surface area contributed by atoms with Crippen LogP contribution >= 0.6 is 23.8 Å². The molecule has 0 aliphatic heterocycles. The molecule has 0 bridgehead atoms. The van der Waals surface area contributed by atoms with Crippen molar-refractivity contribution in [3.8, 4) is 5.75 Å².